The molecule has 0 aliphatic carbocycles. The molecule has 0 spiro atoms. The Morgan fingerprint density at radius 1 is 1.25 bits per heavy atom. The molecule has 3 N–H and O–H groups in total. The first-order valence-electron chi connectivity index (χ1n) is 8.09. The molecule has 0 aliphatic rings. The summed E-state index contributed by atoms with van der Waals surface area (Å²) in [4.78, 5) is 19.3. The minimum absolute atomic E-state index is 0.000496. The van der Waals surface area contributed by atoms with Gasteiger partial charge in [-0.1, -0.05) is 19.8 Å². The minimum Gasteiger partial charge on any atom is -0.368 e. The number of unbranched alkanes of at least 4 members (excludes halogenated alkanes) is 1. The minimum atomic E-state index is -0.981. The van der Waals surface area contributed by atoms with Gasteiger partial charge >= 0.3 is 0 Å². The molecular formula is C17H22F2N4O. The van der Waals surface area contributed by atoms with Crippen molar-refractivity contribution in [2.45, 2.75) is 52.0 Å². The van der Waals surface area contributed by atoms with Gasteiger partial charge in [0.25, 0.3) is 0 Å². The average molecular weight is 336 g/mol. The lowest BCUT2D eigenvalue weighted by Crippen LogP contribution is -2.22. The molecule has 1 atom stereocenters. The Morgan fingerprint density at radius 3 is 2.62 bits per heavy atom. The van der Waals surface area contributed by atoms with Crippen LogP contribution < -0.4 is 11.1 Å². The fraction of sp³-hybridized carbons (Fsp3) is 0.471. The van der Waals surface area contributed by atoms with Crippen LogP contribution in [0.1, 0.15) is 46.0 Å². The summed E-state index contributed by atoms with van der Waals surface area (Å²) in [5.41, 5.74) is 5.92. The van der Waals surface area contributed by atoms with Crippen LogP contribution in [0.25, 0.3) is 10.9 Å². The number of nitrogens with two attached hydrogens (primary N) is 1. The number of nitrogen functional groups attached to an aromatic ring is 1. The maximum Gasteiger partial charge on any atom is 0.222 e. The average Bonchev–Trinajstić information content (AvgIpc) is 2.51. The Morgan fingerprint density at radius 2 is 1.96 bits per heavy atom. The highest BCUT2D eigenvalue weighted by atomic mass is 19.2. The van der Waals surface area contributed by atoms with E-state index in [1.165, 1.54) is 0 Å². The highest BCUT2D eigenvalue weighted by Crippen LogP contribution is 2.26. The Bertz CT molecular complexity index is 736. The van der Waals surface area contributed by atoms with Crippen LogP contribution in [0.3, 0.4) is 0 Å². The Labute approximate surface area is 139 Å². The summed E-state index contributed by atoms with van der Waals surface area (Å²) in [7, 11) is 0. The molecular weight excluding hydrogens is 314 g/mol. The smallest absolute Gasteiger partial charge is 0.222 e. The van der Waals surface area contributed by atoms with Gasteiger partial charge in [0.2, 0.25) is 5.95 Å². The molecule has 1 aromatic heterocycles. The molecule has 0 saturated carbocycles. The van der Waals surface area contributed by atoms with Crippen LogP contribution in [0.4, 0.5) is 20.5 Å². The molecule has 0 bridgehead atoms. The number of carbonyl (C=O) groups is 1. The maximum atomic E-state index is 13.6. The third kappa shape index (κ3) is 4.59. The summed E-state index contributed by atoms with van der Waals surface area (Å²) < 4.78 is 27.0. The first-order valence-corrected chi connectivity index (χ1v) is 8.09. The van der Waals surface area contributed by atoms with E-state index < -0.39 is 11.6 Å². The number of hydrogen-bond acceptors (Lipinski definition) is 5. The van der Waals surface area contributed by atoms with Crippen molar-refractivity contribution in [2.24, 2.45) is 0 Å². The fourth-order valence-corrected chi connectivity index (χ4v) is 2.56. The number of fused-ring (bicyclic) bond motifs is 1. The summed E-state index contributed by atoms with van der Waals surface area (Å²) >= 11 is 0. The number of nitrogens with one attached hydrogen (secondary N) is 1. The van der Waals surface area contributed by atoms with Gasteiger partial charge < -0.3 is 15.8 Å². The van der Waals surface area contributed by atoms with Gasteiger partial charge in [-0.2, -0.15) is 4.98 Å². The number of halogens is 2. The van der Waals surface area contributed by atoms with Crippen molar-refractivity contribution in [2.75, 3.05) is 11.1 Å². The van der Waals surface area contributed by atoms with Gasteiger partial charge in [-0.3, -0.25) is 0 Å². The Kier molecular flexibility index (Phi) is 6.00. The number of anilines is 2. The van der Waals surface area contributed by atoms with E-state index in [1.54, 1.807) is 6.92 Å². The van der Waals surface area contributed by atoms with E-state index in [2.05, 4.69) is 22.2 Å². The normalized spacial score (nSPS) is 12.3. The van der Waals surface area contributed by atoms with E-state index in [4.69, 9.17) is 5.73 Å². The van der Waals surface area contributed by atoms with Gasteiger partial charge in [0.15, 0.2) is 11.6 Å². The number of rotatable bonds is 8. The van der Waals surface area contributed by atoms with Crippen molar-refractivity contribution in [3.63, 3.8) is 0 Å². The highest BCUT2D eigenvalue weighted by molar-refractivity contribution is 5.90. The van der Waals surface area contributed by atoms with Gasteiger partial charge in [-0.05, 0) is 25.8 Å². The summed E-state index contributed by atoms with van der Waals surface area (Å²) in [5, 5.41) is 3.60. The number of benzene rings is 1. The van der Waals surface area contributed by atoms with Gasteiger partial charge in [0, 0.05) is 23.9 Å². The predicted octanol–water partition coefficient (Wildman–Crippen LogP) is 3.83. The van der Waals surface area contributed by atoms with Crippen LogP contribution in [0.5, 0.6) is 0 Å². The lowest BCUT2D eigenvalue weighted by molar-refractivity contribution is -0.117. The quantitative estimate of drug-likeness (QED) is 0.766. The fourth-order valence-electron chi connectivity index (χ4n) is 2.56. The molecule has 7 heteroatoms. The molecule has 0 unspecified atom stereocenters. The molecule has 0 aliphatic heterocycles. The zero-order valence-corrected chi connectivity index (χ0v) is 13.9. The van der Waals surface area contributed by atoms with E-state index in [0.717, 1.165) is 31.4 Å². The SMILES string of the molecule is CCCC[C@H](CCC(C)=O)Nc1nc(N)nc2cc(F)c(F)cc12. The van der Waals surface area contributed by atoms with Crippen LogP contribution in [0.15, 0.2) is 12.1 Å². The lowest BCUT2D eigenvalue weighted by Gasteiger charge is -2.20. The van der Waals surface area contributed by atoms with E-state index in [9.17, 15) is 13.6 Å². The molecule has 0 fully saturated rings. The summed E-state index contributed by atoms with van der Waals surface area (Å²) in [6.45, 7) is 3.63. The second kappa shape index (κ2) is 7.99. The third-order valence-corrected chi connectivity index (χ3v) is 3.85. The first kappa shape index (κ1) is 18.0. The standard InChI is InChI=1S/C17H22F2N4O/c1-3-4-5-11(7-6-10(2)24)21-16-12-8-13(18)14(19)9-15(12)22-17(20)23-16/h8-9,11H,3-7H2,1-2H3,(H3,20,21,22,23)/t11-/m1/s1. The Hall–Kier alpha value is -2.31. The molecule has 2 rings (SSSR count). The van der Waals surface area contributed by atoms with Crippen molar-refractivity contribution in [1.29, 1.82) is 0 Å². The number of aromatic nitrogens is 2. The number of hydrogen-bond donors (Lipinski definition) is 2. The highest BCUT2D eigenvalue weighted by Gasteiger charge is 2.15. The van der Waals surface area contributed by atoms with Gasteiger partial charge in [-0.15, -0.1) is 0 Å². The lowest BCUT2D eigenvalue weighted by atomic mass is 10.0. The van der Waals surface area contributed by atoms with Crippen LogP contribution in [0, 0.1) is 11.6 Å². The topological polar surface area (TPSA) is 80.9 Å². The van der Waals surface area contributed by atoms with Crippen LogP contribution in [0.2, 0.25) is 0 Å². The number of Topliss-reactive ketones (excluding diaryl/α,β-unsaturated/α-hetero) is 1. The van der Waals surface area contributed by atoms with Crippen molar-refractivity contribution in [3.8, 4) is 0 Å². The largest absolute Gasteiger partial charge is 0.368 e. The van der Waals surface area contributed by atoms with E-state index in [-0.39, 0.29) is 23.3 Å². The first-order chi connectivity index (χ1) is 11.4. The monoisotopic (exact) mass is 336 g/mol. The molecule has 1 heterocycles. The zero-order valence-electron chi connectivity index (χ0n) is 13.9. The van der Waals surface area contributed by atoms with E-state index in [0.29, 0.717) is 24.0 Å². The zero-order chi connectivity index (χ0) is 17.7. The Balaban J connectivity index is 2.33. The van der Waals surface area contributed by atoms with Crippen molar-refractivity contribution in [3.05, 3.63) is 23.8 Å². The molecule has 0 saturated heterocycles. The summed E-state index contributed by atoms with van der Waals surface area (Å²) in [6.07, 6.45) is 3.94. The molecule has 5 nitrogen and oxygen atoms in total. The van der Waals surface area contributed by atoms with E-state index in [1.807, 2.05) is 0 Å². The molecule has 0 amide bonds. The second-order valence-corrected chi connectivity index (χ2v) is 5.94. The number of ketones is 1. The van der Waals surface area contributed by atoms with Gasteiger partial charge in [0.05, 0.1) is 5.52 Å². The molecule has 24 heavy (non-hydrogen) atoms. The number of carbonyl (C=O) groups excluding carboxylic acids is 1. The van der Waals surface area contributed by atoms with Crippen molar-refractivity contribution >= 4 is 28.5 Å². The van der Waals surface area contributed by atoms with Gasteiger partial charge in [-0.25, -0.2) is 13.8 Å². The van der Waals surface area contributed by atoms with Crippen LogP contribution >= 0.6 is 0 Å². The molecule has 1 aromatic carbocycles. The molecule has 2 aromatic rings. The van der Waals surface area contributed by atoms with Crippen molar-refractivity contribution in [1.82, 2.24) is 9.97 Å². The molecule has 0 radical (unpaired) electrons. The summed E-state index contributed by atoms with van der Waals surface area (Å²) in [6, 6.07) is 2.07. The van der Waals surface area contributed by atoms with Crippen molar-refractivity contribution < 1.29 is 13.6 Å². The molecule has 130 valence electrons. The maximum absolute atomic E-state index is 13.6. The predicted molar refractivity (Wildman–Crippen MR) is 90.7 cm³/mol. The second-order valence-electron chi connectivity index (χ2n) is 5.94. The van der Waals surface area contributed by atoms with E-state index >= 15 is 0 Å². The van der Waals surface area contributed by atoms with Crippen LogP contribution in [-0.4, -0.2) is 21.8 Å². The summed E-state index contributed by atoms with van der Waals surface area (Å²) in [5.74, 6) is -1.49. The number of nitrogens with zero attached hydrogens (tertiary/aromatic N) is 2. The van der Waals surface area contributed by atoms with Gasteiger partial charge in [0.1, 0.15) is 11.6 Å². The van der Waals surface area contributed by atoms with Crippen LogP contribution in [-0.2, 0) is 4.79 Å². The third-order valence-electron chi connectivity index (χ3n) is 3.85.